The fourth-order valence-corrected chi connectivity index (χ4v) is 9.40. The quantitative estimate of drug-likeness (QED) is 0.115. The number of carbonyl (C=O) groups excluding carboxylic acids is 4. The highest BCUT2D eigenvalue weighted by molar-refractivity contribution is 9.09. The largest absolute Gasteiger partial charge is 0.455 e. The van der Waals surface area contributed by atoms with E-state index in [1.165, 1.54) is 4.90 Å². The van der Waals surface area contributed by atoms with Gasteiger partial charge in [0.05, 0.1) is 42.1 Å². The van der Waals surface area contributed by atoms with E-state index in [4.69, 9.17) is 9.47 Å². The number of allylic oxidation sites excluding steroid dienone is 1. The Labute approximate surface area is 323 Å². The summed E-state index contributed by atoms with van der Waals surface area (Å²) in [6, 6.07) is 14.0. The first kappa shape index (κ1) is 39.3. The molecule has 3 amide bonds. The molecule has 3 fully saturated rings. The van der Waals surface area contributed by atoms with Gasteiger partial charge in [-0.1, -0.05) is 96.0 Å². The number of halogens is 1. The fourth-order valence-electron chi connectivity index (χ4n) is 8.46. The molecule has 10 atom stereocenters. The molecule has 3 saturated heterocycles. The molecule has 0 radical (unpaired) electrons. The number of hydrogen-bond acceptors (Lipinski definition) is 9. The molecule has 288 valence electrons. The van der Waals surface area contributed by atoms with Crippen molar-refractivity contribution in [2.45, 2.75) is 93.9 Å². The molecule has 2 aromatic carbocycles. The van der Waals surface area contributed by atoms with Crippen LogP contribution in [0.15, 0.2) is 79.9 Å². The minimum Gasteiger partial charge on any atom is -0.455 e. The first-order valence-corrected chi connectivity index (χ1v) is 19.5. The number of rotatable bonds is 17. The molecule has 3 aromatic rings. The number of carbonyl (C=O) groups is 4. The van der Waals surface area contributed by atoms with Crippen LogP contribution in [0.3, 0.4) is 0 Å². The summed E-state index contributed by atoms with van der Waals surface area (Å²) in [5, 5.41) is 22.3. The predicted molar refractivity (Wildman–Crippen MR) is 205 cm³/mol. The second-order valence-electron chi connectivity index (χ2n) is 14.6. The van der Waals surface area contributed by atoms with Crippen LogP contribution in [0.5, 0.6) is 0 Å². The van der Waals surface area contributed by atoms with Crippen molar-refractivity contribution in [2.24, 2.45) is 17.8 Å². The van der Waals surface area contributed by atoms with Crippen LogP contribution in [0.2, 0.25) is 0 Å². The van der Waals surface area contributed by atoms with Gasteiger partial charge in [-0.05, 0) is 43.4 Å². The van der Waals surface area contributed by atoms with Crippen LogP contribution >= 0.6 is 15.9 Å². The zero-order valence-electron chi connectivity index (χ0n) is 30.9. The number of ether oxygens (including phenoxy) is 2. The SMILES string of the molecule is C=CCCC(=O)N[C@H](C)[C@@H](OC(=O)[C@@H]1[C@H]2O[C@@]3(CC2Br)[C@H](C(=O)N(CC=C)Cn2nnc4ccccc42)N([C@@H](CO)[C@@H](C)CC)C(=O)[C@@H]13)c1ccccc1. The number of amides is 3. The molecule has 54 heavy (non-hydrogen) atoms. The molecule has 1 unspecified atom stereocenters. The molecular weight excluding hydrogens is 756 g/mol. The van der Waals surface area contributed by atoms with Crippen molar-refractivity contribution >= 4 is 50.7 Å². The van der Waals surface area contributed by atoms with Crippen LogP contribution in [0.1, 0.15) is 58.1 Å². The Morgan fingerprint density at radius 2 is 1.87 bits per heavy atom. The maximum atomic E-state index is 15.1. The van der Waals surface area contributed by atoms with E-state index < -0.39 is 72.2 Å². The summed E-state index contributed by atoms with van der Waals surface area (Å²) >= 11 is 3.75. The first-order valence-electron chi connectivity index (χ1n) is 18.6. The molecule has 0 aliphatic carbocycles. The number of fused-ring (bicyclic) bond motifs is 2. The van der Waals surface area contributed by atoms with Crippen LogP contribution in [0.25, 0.3) is 11.0 Å². The molecule has 3 aliphatic heterocycles. The minimum atomic E-state index is -1.41. The van der Waals surface area contributed by atoms with Gasteiger partial charge >= 0.3 is 5.97 Å². The van der Waals surface area contributed by atoms with Gasteiger partial charge in [-0.3, -0.25) is 19.2 Å². The van der Waals surface area contributed by atoms with Crippen molar-refractivity contribution in [2.75, 3.05) is 13.2 Å². The first-order chi connectivity index (χ1) is 26.0. The summed E-state index contributed by atoms with van der Waals surface area (Å²) in [4.78, 5) is 60.1. The number of esters is 1. The van der Waals surface area contributed by atoms with Gasteiger partial charge in [0.2, 0.25) is 17.7 Å². The van der Waals surface area contributed by atoms with Gasteiger partial charge < -0.3 is 29.7 Å². The smallest absolute Gasteiger partial charge is 0.313 e. The van der Waals surface area contributed by atoms with Crippen molar-refractivity contribution in [3.8, 4) is 0 Å². The second-order valence-corrected chi connectivity index (χ2v) is 15.7. The maximum Gasteiger partial charge on any atom is 0.313 e. The average molecular weight is 806 g/mol. The molecule has 0 saturated carbocycles. The number of hydrogen-bond donors (Lipinski definition) is 2. The maximum absolute atomic E-state index is 15.1. The third-order valence-corrected chi connectivity index (χ3v) is 12.1. The highest BCUT2D eigenvalue weighted by atomic mass is 79.9. The number of nitrogens with one attached hydrogen (secondary N) is 1. The number of likely N-dealkylation sites (tertiary alicyclic amines) is 1. The summed E-state index contributed by atoms with van der Waals surface area (Å²) in [6.07, 6.45) is 3.23. The van der Waals surface area contributed by atoms with Gasteiger partial charge in [-0.2, -0.15) is 0 Å². The fraction of sp³-hybridized carbons (Fsp3) is 0.500. The van der Waals surface area contributed by atoms with Crippen LogP contribution < -0.4 is 5.32 Å². The van der Waals surface area contributed by atoms with Crippen molar-refractivity contribution in [3.05, 3.63) is 85.5 Å². The number of aromatic nitrogens is 3. The Hall–Kier alpha value is -4.40. The number of alkyl halides is 1. The predicted octanol–water partition coefficient (Wildman–Crippen LogP) is 4.31. The zero-order chi connectivity index (χ0) is 38.7. The number of aliphatic hydroxyl groups is 1. The lowest BCUT2D eigenvalue weighted by Crippen LogP contribution is -2.60. The Bertz CT molecular complexity index is 1870. The summed E-state index contributed by atoms with van der Waals surface area (Å²) in [6.45, 7) is 13.0. The van der Waals surface area contributed by atoms with E-state index in [0.29, 0.717) is 23.9 Å². The van der Waals surface area contributed by atoms with E-state index >= 15 is 4.79 Å². The molecule has 3 aliphatic rings. The normalized spacial score (nSPS) is 26.5. The number of nitrogens with zero attached hydrogens (tertiary/aromatic N) is 5. The molecule has 2 bridgehead atoms. The average Bonchev–Trinajstić information content (AvgIpc) is 3.90. The number of para-hydroxylation sites is 1. The lowest BCUT2D eigenvalue weighted by molar-refractivity contribution is -0.163. The summed E-state index contributed by atoms with van der Waals surface area (Å²) < 4.78 is 14.7. The van der Waals surface area contributed by atoms with E-state index in [1.807, 2.05) is 68.4 Å². The van der Waals surface area contributed by atoms with E-state index in [2.05, 4.69) is 44.7 Å². The zero-order valence-corrected chi connectivity index (χ0v) is 32.5. The van der Waals surface area contributed by atoms with Gasteiger partial charge in [0.25, 0.3) is 0 Å². The number of aliphatic hydroxyl groups excluding tert-OH is 1. The molecule has 2 N–H and O–H groups in total. The van der Waals surface area contributed by atoms with Gasteiger partial charge in [0.1, 0.15) is 29.9 Å². The van der Waals surface area contributed by atoms with Gasteiger partial charge in [0, 0.05) is 17.8 Å². The van der Waals surface area contributed by atoms with Crippen molar-refractivity contribution in [3.63, 3.8) is 0 Å². The summed E-state index contributed by atoms with van der Waals surface area (Å²) in [7, 11) is 0. The number of benzene rings is 2. The lowest BCUT2D eigenvalue weighted by atomic mass is 9.70. The van der Waals surface area contributed by atoms with Crippen molar-refractivity contribution < 1.29 is 33.8 Å². The Kier molecular flexibility index (Phi) is 12.0. The third kappa shape index (κ3) is 7.11. The Morgan fingerprint density at radius 1 is 1.15 bits per heavy atom. The molecule has 1 spiro atoms. The van der Waals surface area contributed by atoms with Crippen LogP contribution in [0.4, 0.5) is 0 Å². The van der Waals surface area contributed by atoms with E-state index in [0.717, 1.165) is 5.52 Å². The summed E-state index contributed by atoms with van der Waals surface area (Å²) in [5.41, 5.74) is 0.649. The van der Waals surface area contributed by atoms with Crippen LogP contribution in [-0.2, 0) is 35.3 Å². The topological polar surface area (TPSA) is 156 Å². The van der Waals surface area contributed by atoms with Crippen LogP contribution in [-0.4, -0.2) is 101 Å². The minimum absolute atomic E-state index is 0.0135. The Morgan fingerprint density at radius 3 is 2.56 bits per heavy atom. The molecule has 1 aromatic heterocycles. The molecular formula is C40H49BrN6O7. The highest BCUT2D eigenvalue weighted by Crippen LogP contribution is 2.61. The lowest BCUT2D eigenvalue weighted by Gasteiger charge is -2.40. The van der Waals surface area contributed by atoms with Crippen molar-refractivity contribution in [1.82, 2.24) is 30.1 Å². The highest BCUT2D eigenvalue weighted by Gasteiger charge is 2.77. The van der Waals surface area contributed by atoms with Gasteiger partial charge in [-0.15, -0.1) is 18.3 Å². The van der Waals surface area contributed by atoms with Gasteiger partial charge in [-0.25, -0.2) is 4.68 Å². The molecule has 6 rings (SSSR count). The second kappa shape index (κ2) is 16.5. The van der Waals surface area contributed by atoms with Crippen LogP contribution in [0, 0.1) is 17.8 Å². The van der Waals surface area contributed by atoms with Crippen molar-refractivity contribution in [1.29, 1.82) is 0 Å². The standard InChI is InChI=1S/C40H49BrN6O7/c1-6-9-19-31(49)42-25(5)34(26-15-11-10-12-16-26)53-39(52)32-33-37(50)47(30(22-48)24(4)8-3)36(40(33)21-27(41)35(32)54-40)38(51)45(20-7-2)23-46-29-18-14-13-17-28(29)43-44-46/h6-7,10-18,24-25,27,30,32-36,48H,1-2,8-9,19-23H2,3-5H3,(H,42,49)/t24-,25+,27?,30-,32-,33+,34+,35-,36-,40+/m0/s1. The summed E-state index contributed by atoms with van der Waals surface area (Å²) in [5.74, 6) is -4.07. The van der Waals surface area contributed by atoms with E-state index in [9.17, 15) is 19.5 Å². The van der Waals surface area contributed by atoms with E-state index in [1.54, 1.807) is 28.7 Å². The molecule has 14 heteroatoms. The monoisotopic (exact) mass is 804 g/mol. The van der Waals surface area contributed by atoms with Gasteiger partial charge in [0.15, 0.2) is 0 Å². The van der Waals surface area contributed by atoms with E-state index in [-0.39, 0.29) is 42.7 Å². The molecule has 4 heterocycles. The molecule has 13 nitrogen and oxygen atoms in total. The third-order valence-electron chi connectivity index (χ3n) is 11.3. The Balaban J connectivity index is 1.37.